The molecule has 0 unspecified atom stereocenters. The van der Waals surface area contributed by atoms with Gasteiger partial charge in [-0.25, -0.2) is 0 Å². The Hall–Kier alpha value is -2.44. The van der Waals surface area contributed by atoms with Gasteiger partial charge in [0, 0.05) is 0 Å². The van der Waals surface area contributed by atoms with Crippen LogP contribution in [0.15, 0.2) is 109 Å². The fourth-order valence-corrected chi connectivity index (χ4v) is 5.78. The minimum atomic E-state index is -0.826. The van der Waals surface area contributed by atoms with Gasteiger partial charge in [-0.1, -0.05) is 134 Å². The molecular weight excluding hydrogens is 667 g/mol. The van der Waals surface area contributed by atoms with Gasteiger partial charge in [0.25, 0.3) is 0 Å². The minimum absolute atomic E-state index is 0.204. The summed E-state index contributed by atoms with van der Waals surface area (Å²) in [5.74, 6) is 0.573. The van der Waals surface area contributed by atoms with E-state index in [1.54, 1.807) is 0 Å². The van der Waals surface area contributed by atoms with Crippen LogP contribution in [0.25, 0.3) is 43.8 Å². The van der Waals surface area contributed by atoms with Crippen LogP contribution in [0.2, 0.25) is 0 Å². The summed E-state index contributed by atoms with van der Waals surface area (Å²) in [7, 11) is 9.87. The molecule has 0 spiro atoms. The Kier molecular flexibility index (Phi) is 11.8. The maximum atomic E-state index is 4.93. The number of benzene rings is 4. The van der Waals surface area contributed by atoms with Crippen molar-refractivity contribution in [1.82, 2.24) is 0 Å². The van der Waals surface area contributed by atoms with E-state index >= 15 is 0 Å². The summed E-state index contributed by atoms with van der Waals surface area (Å²) in [6.07, 6.45) is 0. The van der Waals surface area contributed by atoms with E-state index < -0.39 is 20.8 Å². The van der Waals surface area contributed by atoms with Crippen LogP contribution in [0.3, 0.4) is 0 Å². The molecule has 0 amide bonds. The SMILES string of the molecule is CC(C)c1cc2c(-c3ccc(C(C)(C)C)cc3)cccc2[cH-]1.Cc1cc2c(-c3ccc(C(C)(C)C)cc3)cccc2[cH-]1.[Cl][Zr+2][Cl]. The molecule has 0 N–H and O–H groups in total. The average Bonchev–Trinajstić information content (AvgIpc) is 3.60. The Labute approximate surface area is 290 Å². The quantitative estimate of drug-likeness (QED) is 0.160. The zero-order chi connectivity index (χ0) is 32.9. The van der Waals surface area contributed by atoms with Gasteiger partial charge < -0.3 is 0 Å². The second-order valence-electron chi connectivity index (χ2n) is 14.3. The van der Waals surface area contributed by atoms with Gasteiger partial charge in [0.15, 0.2) is 0 Å². The van der Waals surface area contributed by atoms with E-state index in [-0.39, 0.29) is 10.8 Å². The summed E-state index contributed by atoms with van der Waals surface area (Å²) in [4.78, 5) is 0. The van der Waals surface area contributed by atoms with Crippen molar-refractivity contribution in [2.75, 3.05) is 0 Å². The molecule has 3 heteroatoms. The van der Waals surface area contributed by atoms with Gasteiger partial charge in [0.2, 0.25) is 0 Å². The molecule has 0 aliphatic heterocycles. The second kappa shape index (κ2) is 15.0. The predicted octanol–water partition coefficient (Wildman–Crippen LogP) is 13.9. The molecule has 6 rings (SSSR count). The topological polar surface area (TPSA) is 0 Å². The van der Waals surface area contributed by atoms with E-state index in [9.17, 15) is 0 Å². The number of hydrogen-bond acceptors (Lipinski definition) is 0. The van der Waals surface area contributed by atoms with Crippen molar-refractivity contribution in [2.45, 2.75) is 79.1 Å². The van der Waals surface area contributed by atoms with Crippen molar-refractivity contribution in [2.24, 2.45) is 0 Å². The Morgan fingerprint density at radius 3 is 1.38 bits per heavy atom. The molecule has 0 aliphatic carbocycles. The standard InChI is InChI=1S/C22H25.C20H21.2ClH.Zr/c1-15(2)18-13-17-7-6-8-20(21(17)14-18)16-9-11-19(12-10-16)22(3,4)5;1-14-12-16-6-5-7-18(19(16)13-14)15-8-10-17(11-9-15)20(2,3)4;;;/h6-15H,1-5H3;5-13H,1-4H3;2*1H;/q2*-1;;;+4/p-2. The second-order valence-corrected chi connectivity index (χ2v) is 18.1. The first-order chi connectivity index (χ1) is 21.2. The Bertz CT molecular complexity index is 1820. The first-order valence-electron chi connectivity index (χ1n) is 15.8. The fourth-order valence-electron chi connectivity index (χ4n) is 5.78. The molecule has 6 aromatic carbocycles. The molecule has 232 valence electrons. The molecule has 0 heterocycles. The predicted molar refractivity (Wildman–Crippen MR) is 198 cm³/mol. The Morgan fingerprint density at radius 2 is 0.978 bits per heavy atom. The van der Waals surface area contributed by atoms with E-state index in [1.165, 1.54) is 66.1 Å². The summed E-state index contributed by atoms with van der Waals surface area (Å²) in [6.45, 7) is 20.2. The van der Waals surface area contributed by atoms with Crippen molar-refractivity contribution < 1.29 is 20.8 Å². The van der Waals surface area contributed by atoms with Crippen molar-refractivity contribution in [3.63, 3.8) is 0 Å². The van der Waals surface area contributed by atoms with E-state index in [1.807, 2.05) is 0 Å². The Morgan fingerprint density at radius 1 is 0.578 bits per heavy atom. The van der Waals surface area contributed by atoms with Crippen LogP contribution >= 0.6 is 17.0 Å². The van der Waals surface area contributed by atoms with Gasteiger partial charge in [-0.3, -0.25) is 0 Å². The van der Waals surface area contributed by atoms with Crippen LogP contribution in [-0.4, -0.2) is 0 Å². The van der Waals surface area contributed by atoms with Crippen LogP contribution in [0.4, 0.5) is 0 Å². The molecule has 0 bridgehead atoms. The third-order valence-electron chi connectivity index (χ3n) is 8.46. The number of halogens is 2. The maximum absolute atomic E-state index is 4.93. The zero-order valence-electron chi connectivity index (χ0n) is 28.2. The summed E-state index contributed by atoms with van der Waals surface area (Å²) >= 11 is -0.826. The molecule has 6 aromatic rings. The van der Waals surface area contributed by atoms with Gasteiger partial charge in [0.05, 0.1) is 0 Å². The van der Waals surface area contributed by atoms with Crippen molar-refractivity contribution in [3.05, 3.63) is 131 Å². The van der Waals surface area contributed by atoms with Gasteiger partial charge in [-0.15, -0.1) is 69.1 Å². The normalized spacial score (nSPS) is 11.6. The number of aryl methyl sites for hydroxylation is 1. The van der Waals surface area contributed by atoms with Gasteiger partial charge in [0.1, 0.15) is 0 Å². The molecule has 0 radical (unpaired) electrons. The van der Waals surface area contributed by atoms with Crippen molar-refractivity contribution in [1.29, 1.82) is 0 Å². The first-order valence-corrected chi connectivity index (χ1v) is 22.1. The molecule has 0 aromatic heterocycles. The third-order valence-corrected chi connectivity index (χ3v) is 8.46. The van der Waals surface area contributed by atoms with Gasteiger partial charge in [-0.2, -0.15) is 12.1 Å². The molecule has 45 heavy (non-hydrogen) atoms. The molecule has 0 nitrogen and oxygen atoms in total. The van der Waals surface area contributed by atoms with Gasteiger partial charge in [-0.05, 0) is 39.0 Å². The van der Waals surface area contributed by atoms with Crippen molar-refractivity contribution in [3.8, 4) is 22.3 Å². The molecule has 0 atom stereocenters. The van der Waals surface area contributed by atoms with Crippen LogP contribution in [-0.2, 0) is 31.7 Å². The number of fused-ring (bicyclic) bond motifs is 2. The first kappa shape index (κ1) is 35.4. The number of rotatable bonds is 3. The summed E-state index contributed by atoms with van der Waals surface area (Å²) in [5.41, 5.74) is 11.2. The fraction of sp³-hybridized carbons (Fsp3) is 0.286. The van der Waals surface area contributed by atoms with E-state index in [4.69, 9.17) is 17.0 Å². The van der Waals surface area contributed by atoms with E-state index in [2.05, 4.69) is 172 Å². The van der Waals surface area contributed by atoms with E-state index in [0.717, 1.165) is 0 Å². The molecule has 0 aliphatic rings. The molecule has 0 fully saturated rings. The average molecular weight is 713 g/mol. The van der Waals surface area contributed by atoms with E-state index in [0.29, 0.717) is 5.92 Å². The van der Waals surface area contributed by atoms with Crippen LogP contribution in [0.5, 0.6) is 0 Å². The van der Waals surface area contributed by atoms with Crippen molar-refractivity contribution >= 4 is 38.6 Å². The van der Waals surface area contributed by atoms with Gasteiger partial charge >= 0.3 is 37.9 Å². The summed E-state index contributed by atoms with van der Waals surface area (Å²) < 4.78 is 0. The summed E-state index contributed by atoms with van der Waals surface area (Å²) in [5, 5.41) is 5.41. The zero-order valence-corrected chi connectivity index (χ0v) is 32.2. The number of hydrogen-bond donors (Lipinski definition) is 0. The molecular formula is C42H46Cl2Zr. The van der Waals surface area contributed by atoms with Crippen LogP contribution in [0.1, 0.15) is 83.6 Å². The monoisotopic (exact) mass is 710 g/mol. The summed E-state index contributed by atoms with van der Waals surface area (Å²) in [6, 6.07) is 40.4. The molecule has 0 saturated heterocycles. The molecule has 0 saturated carbocycles. The van der Waals surface area contributed by atoms with Crippen LogP contribution in [0, 0.1) is 6.92 Å². The third kappa shape index (κ3) is 8.89. The van der Waals surface area contributed by atoms with Crippen LogP contribution < -0.4 is 0 Å². The Balaban J connectivity index is 0.000000189.